The highest BCUT2D eigenvalue weighted by Gasteiger charge is 2.16. The average Bonchev–Trinajstić information content (AvgIpc) is 3.26. The second-order valence-corrected chi connectivity index (χ2v) is 8.56. The summed E-state index contributed by atoms with van der Waals surface area (Å²) in [5, 5.41) is 10.4. The van der Waals surface area contributed by atoms with E-state index in [9.17, 15) is 5.11 Å². The third-order valence-corrected chi connectivity index (χ3v) is 6.38. The fourth-order valence-corrected chi connectivity index (χ4v) is 4.58. The van der Waals surface area contributed by atoms with E-state index in [1.807, 2.05) is 67.8 Å². The first-order chi connectivity index (χ1) is 17.2. The van der Waals surface area contributed by atoms with Crippen LogP contribution in [0.5, 0.6) is 5.75 Å². The molecular formula is C31H23N3O. The lowest BCUT2D eigenvalue weighted by atomic mass is 10.00. The first kappa shape index (κ1) is 20.9. The molecule has 4 heteroatoms. The third-order valence-electron chi connectivity index (χ3n) is 6.38. The molecule has 0 unspecified atom stereocenters. The highest BCUT2D eigenvalue weighted by atomic mass is 16.3. The molecule has 4 nitrogen and oxygen atoms in total. The van der Waals surface area contributed by atoms with Crippen LogP contribution in [0.4, 0.5) is 0 Å². The molecule has 0 aliphatic rings. The normalized spacial score (nSPS) is 11.1. The third kappa shape index (κ3) is 3.75. The number of rotatable bonds is 4. The van der Waals surface area contributed by atoms with Crippen molar-refractivity contribution in [3.63, 3.8) is 0 Å². The second kappa shape index (κ2) is 8.58. The number of hydrogen-bond donors (Lipinski definition) is 1. The largest absolute Gasteiger partial charge is 0.507 e. The summed E-state index contributed by atoms with van der Waals surface area (Å²) in [7, 11) is 0. The number of phenolic OH excluding ortho intramolecular Hbond substituents is 1. The summed E-state index contributed by atoms with van der Waals surface area (Å²) in [5.41, 5.74) is 9.72. The molecule has 0 spiro atoms. The predicted molar refractivity (Wildman–Crippen MR) is 141 cm³/mol. The van der Waals surface area contributed by atoms with Crippen molar-refractivity contribution in [1.82, 2.24) is 14.4 Å². The van der Waals surface area contributed by atoms with Crippen LogP contribution < -0.4 is 0 Å². The number of fused-ring (bicyclic) bond motifs is 1. The van der Waals surface area contributed by atoms with Crippen molar-refractivity contribution in [1.29, 1.82) is 0 Å². The lowest BCUT2D eigenvalue weighted by Crippen LogP contribution is -1.91. The van der Waals surface area contributed by atoms with Gasteiger partial charge in [-0.25, -0.2) is 4.98 Å². The highest BCUT2D eigenvalue weighted by molar-refractivity contribution is 5.84. The minimum Gasteiger partial charge on any atom is -0.507 e. The van der Waals surface area contributed by atoms with Gasteiger partial charge >= 0.3 is 0 Å². The first-order valence-electron chi connectivity index (χ1n) is 11.6. The molecule has 0 aliphatic heterocycles. The number of aromatic nitrogens is 3. The van der Waals surface area contributed by atoms with Gasteiger partial charge < -0.3 is 9.51 Å². The molecule has 0 radical (unpaired) electrons. The molecule has 3 aromatic carbocycles. The van der Waals surface area contributed by atoms with Crippen molar-refractivity contribution < 1.29 is 5.11 Å². The maximum absolute atomic E-state index is 10.4. The van der Waals surface area contributed by atoms with Crippen LogP contribution in [0.2, 0.25) is 0 Å². The summed E-state index contributed by atoms with van der Waals surface area (Å²) >= 11 is 0. The van der Waals surface area contributed by atoms with E-state index in [4.69, 9.17) is 4.98 Å². The molecule has 0 saturated carbocycles. The summed E-state index contributed by atoms with van der Waals surface area (Å²) < 4.78 is 2.08. The van der Waals surface area contributed by atoms with E-state index in [-0.39, 0.29) is 5.75 Å². The highest BCUT2D eigenvalue weighted by Crippen LogP contribution is 2.35. The topological polar surface area (TPSA) is 50.4 Å². The van der Waals surface area contributed by atoms with Crippen LogP contribution in [-0.4, -0.2) is 19.5 Å². The molecule has 3 aromatic heterocycles. The Balaban J connectivity index is 1.46. The number of aryl methyl sites for hydroxylation is 1. The SMILES string of the molecule is Cc1c(-c2ccccc2O)nc2c(-c3cccc(-c4cc(-c5ccccc5)ccn4)c3)cccn12. The van der Waals surface area contributed by atoms with Crippen LogP contribution in [0.25, 0.3) is 50.4 Å². The molecular weight excluding hydrogens is 430 g/mol. The molecule has 3 heterocycles. The number of benzene rings is 3. The summed E-state index contributed by atoms with van der Waals surface area (Å²) in [6, 6.07) is 34.4. The Bertz CT molecular complexity index is 1670. The van der Waals surface area contributed by atoms with E-state index in [0.29, 0.717) is 0 Å². The van der Waals surface area contributed by atoms with Crippen molar-refractivity contribution in [2.24, 2.45) is 0 Å². The van der Waals surface area contributed by atoms with Crippen molar-refractivity contribution in [2.45, 2.75) is 6.92 Å². The van der Waals surface area contributed by atoms with Crippen LogP contribution in [0.1, 0.15) is 5.69 Å². The zero-order chi connectivity index (χ0) is 23.8. The van der Waals surface area contributed by atoms with Gasteiger partial charge in [-0.1, -0.05) is 60.7 Å². The van der Waals surface area contributed by atoms with Gasteiger partial charge in [-0.3, -0.25) is 4.98 Å². The van der Waals surface area contributed by atoms with E-state index in [0.717, 1.165) is 50.5 Å². The second-order valence-electron chi connectivity index (χ2n) is 8.56. The summed E-state index contributed by atoms with van der Waals surface area (Å²) in [6.45, 7) is 2.03. The van der Waals surface area contributed by atoms with E-state index in [2.05, 4.69) is 57.9 Å². The number of hydrogen-bond acceptors (Lipinski definition) is 3. The summed E-state index contributed by atoms with van der Waals surface area (Å²) in [5.74, 6) is 0.229. The van der Waals surface area contributed by atoms with E-state index in [1.54, 1.807) is 6.07 Å². The van der Waals surface area contributed by atoms with Crippen LogP contribution in [-0.2, 0) is 0 Å². The standard InChI is InChI=1S/C31H23N3O/c1-21-30(27-13-5-6-15-29(27)35)33-31-26(14-8-18-34(21)31)24-11-7-12-25(19-24)28-20-23(16-17-32-28)22-9-3-2-4-10-22/h2-20,35H,1H3. The lowest BCUT2D eigenvalue weighted by Gasteiger charge is -2.09. The number of nitrogens with zero attached hydrogens (tertiary/aromatic N) is 3. The Morgan fingerprint density at radius 3 is 2.26 bits per heavy atom. The number of imidazole rings is 1. The maximum atomic E-state index is 10.4. The van der Waals surface area contributed by atoms with Gasteiger partial charge in [-0.2, -0.15) is 0 Å². The van der Waals surface area contributed by atoms with E-state index >= 15 is 0 Å². The Kier molecular flexibility index (Phi) is 5.12. The van der Waals surface area contributed by atoms with Gasteiger partial charge in [0.05, 0.1) is 11.4 Å². The molecule has 0 amide bonds. The Hall–Kier alpha value is -4.70. The van der Waals surface area contributed by atoms with E-state index < -0.39 is 0 Å². The van der Waals surface area contributed by atoms with Gasteiger partial charge in [0.1, 0.15) is 11.4 Å². The van der Waals surface area contributed by atoms with Gasteiger partial charge in [-0.15, -0.1) is 0 Å². The fourth-order valence-electron chi connectivity index (χ4n) is 4.58. The maximum Gasteiger partial charge on any atom is 0.145 e. The van der Waals surface area contributed by atoms with Crippen molar-refractivity contribution in [2.75, 3.05) is 0 Å². The van der Waals surface area contributed by atoms with Crippen molar-refractivity contribution >= 4 is 5.65 Å². The zero-order valence-corrected chi connectivity index (χ0v) is 19.3. The molecule has 0 bridgehead atoms. The van der Waals surface area contributed by atoms with Gasteiger partial charge in [0.2, 0.25) is 0 Å². The van der Waals surface area contributed by atoms with Gasteiger partial charge in [0.15, 0.2) is 0 Å². The number of pyridine rings is 2. The number of phenols is 1. The monoisotopic (exact) mass is 453 g/mol. The Morgan fingerprint density at radius 2 is 1.40 bits per heavy atom. The van der Waals surface area contributed by atoms with Crippen LogP contribution in [0, 0.1) is 6.92 Å². The lowest BCUT2D eigenvalue weighted by molar-refractivity contribution is 0.477. The van der Waals surface area contributed by atoms with Crippen LogP contribution in [0.3, 0.4) is 0 Å². The molecule has 0 saturated heterocycles. The molecule has 0 fully saturated rings. The number of para-hydroxylation sites is 1. The zero-order valence-electron chi connectivity index (χ0n) is 19.3. The van der Waals surface area contributed by atoms with Gasteiger partial charge in [0, 0.05) is 34.8 Å². The average molecular weight is 454 g/mol. The van der Waals surface area contributed by atoms with Crippen molar-refractivity contribution in [3.8, 4) is 50.5 Å². The molecule has 35 heavy (non-hydrogen) atoms. The molecule has 6 rings (SSSR count). The van der Waals surface area contributed by atoms with Crippen LogP contribution in [0.15, 0.2) is 116 Å². The minimum atomic E-state index is 0.229. The molecule has 0 aliphatic carbocycles. The Morgan fingerprint density at radius 1 is 0.657 bits per heavy atom. The smallest absolute Gasteiger partial charge is 0.145 e. The minimum absolute atomic E-state index is 0.229. The first-order valence-corrected chi connectivity index (χ1v) is 11.6. The van der Waals surface area contributed by atoms with Crippen molar-refractivity contribution in [3.05, 3.63) is 121 Å². The van der Waals surface area contributed by atoms with Crippen LogP contribution >= 0.6 is 0 Å². The quantitative estimate of drug-likeness (QED) is 0.302. The molecule has 6 aromatic rings. The van der Waals surface area contributed by atoms with Gasteiger partial charge in [-0.05, 0) is 66.1 Å². The van der Waals surface area contributed by atoms with E-state index in [1.165, 1.54) is 5.56 Å². The fraction of sp³-hybridized carbons (Fsp3) is 0.0323. The molecule has 1 N–H and O–H groups in total. The Labute approximate surface area is 203 Å². The number of aromatic hydroxyl groups is 1. The molecule has 168 valence electrons. The summed E-state index contributed by atoms with van der Waals surface area (Å²) in [4.78, 5) is 9.61. The summed E-state index contributed by atoms with van der Waals surface area (Å²) in [6.07, 6.45) is 3.88. The van der Waals surface area contributed by atoms with Gasteiger partial charge in [0.25, 0.3) is 0 Å². The molecule has 0 atom stereocenters. The predicted octanol–water partition coefficient (Wildman–Crippen LogP) is 7.41.